The fourth-order valence-corrected chi connectivity index (χ4v) is 3.38. The summed E-state index contributed by atoms with van der Waals surface area (Å²) in [7, 11) is 0. The van der Waals surface area contributed by atoms with E-state index in [0.29, 0.717) is 24.8 Å². The summed E-state index contributed by atoms with van der Waals surface area (Å²) in [6.45, 7) is 9.49. The Morgan fingerprint density at radius 2 is 1.95 bits per heavy atom. The Hall–Kier alpha value is -0.810. The molecule has 122 valence electrons. The van der Waals surface area contributed by atoms with Gasteiger partial charge < -0.3 is 14.6 Å². The molecule has 1 amide bonds. The van der Waals surface area contributed by atoms with Crippen molar-refractivity contribution < 1.29 is 19.4 Å². The van der Waals surface area contributed by atoms with Gasteiger partial charge in [-0.1, -0.05) is 0 Å². The molecule has 0 bridgehead atoms. The first kappa shape index (κ1) is 16.6. The summed E-state index contributed by atoms with van der Waals surface area (Å²) in [4.78, 5) is 13.7. The van der Waals surface area contributed by atoms with E-state index in [0.717, 1.165) is 32.5 Å². The third-order valence-electron chi connectivity index (χ3n) is 4.32. The van der Waals surface area contributed by atoms with E-state index < -0.39 is 17.4 Å². The summed E-state index contributed by atoms with van der Waals surface area (Å²) in [5, 5.41) is 10.5. The number of aliphatic hydroxyl groups is 1. The Balaban J connectivity index is 1.92. The topological polar surface area (TPSA) is 59.0 Å². The van der Waals surface area contributed by atoms with Crippen LogP contribution in [0.3, 0.4) is 0 Å². The maximum atomic E-state index is 12.2. The van der Waals surface area contributed by atoms with E-state index in [2.05, 4.69) is 0 Å². The molecule has 0 spiro atoms. The van der Waals surface area contributed by atoms with Crippen molar-refractivity contribution in [1.29, 1.82) is 0 Å². The number of hydrogen-bond donors (Lipinski definition) is 1. The van der Waals surface area contributed by atoms with Crippen LogP contribution < -0.4 is 0 Å². The van der Waals surface area contributed by atoms with Gasteiger partial charge in [0.2, 0.25) is 0 Å². The van der Waals surface area contributed by atoms with Gasteiger partial charge in [0.25, 0.3) is 0 Å². The lowest BCUT2D eigenvalue weighted by Gasteiger charge is -2.32. The molecule has 1 N–H and O–H groups in total. The molecule has 0 aromatic heterocycles. The van der Waals surface area contributed by atoms with Gasteiger partial charge in [-0.15, -0.1) is 0 Å². The third-order valence-corrected chi connectivity index (χ3v) is 4.32. The minimum Gasteiger partial charge on any atom is -0.444 e. The minimum atomic E-state index is -1.10. The van der Waals surface area contributed by atoms with Crippen LogP contribution in [0.1, 0.15) is 53.4 Å². The number of ether oxygens (including phenoxy) is 2. The highest BCUT2D eigenvalue weighted by Crippen LogP contribution is 2.37. The van der Waals surface area contributed by atoms with Gasteiger partial charge in [-0.3, -0.25) is 4.90 Å². The molecule has 2 saturated heterocycles. The van der Waals surface area contributed by atoms with Crippen LogP contribution in [0.5, 0.6) is 0 Å². The molecular weight excluding hydrogens is 270 g/mol. The number of rotatable bonds is 2. The van der Waals surface area contributed by atoms with E-state index in [1.165, 1.54) is 4.90 Å². The second kappa shape index (κ2) is 6.13. The number of carbonyl (C=O) groups excluding carboxylic acids is 1. The van der Waals surface area contributed by atoms with Crippen LogP contribution in [0.25, 0.3) is 0 Å². The van der Waals surface area contributed by atoms with Crippen molar-refractivity contribution in [2.24, 2.45) is 11.8 Å². The maximum Gasteiger partial charge on any atom is 0.412 e. The standard InChI is InChI=1S/C16H29NO4/c1-15(2,3)21-14(18)17-11-13(10-16(17,4)19)9-12-5-7-20-8-6-12/h12-13,19H,5-11H2,1-4H3/t13?,16-/m0/s1. The fraction of sp³-hybridized carbons (Fsp3) is 0.938. The van der Waals surface area contributed by atoms with Gasteiger partial charge in [0, 0.05) is 19.8 Å². The van der Waals surface area contributed by atoms with Crippen LogP contribution in [0, 0.1) is 11.8 Å². The van der Waals surface area contributed by atoms with Gasteiger partial charge in [0.05, 0.1) is 0 Å². The second-order valence-electron chi connectivity index (χ2n) is 7.67. The highest BCUT2D eigenvalue weighted by molar-refractivity contribution is 5.69. The Kier molecular flexibility index (Phi) is 4.83. The molecule has 0 saturated carbocycles. The Morgan fingerprint density at radius 3 is 2.52 bits per heavy atom. The smallest absolute Gasteiger partial charge is 0.412 e. The lowest BCUT2D eigenvalue weighted by Crippen LogP contribution is -2.47. The van der Waals surface area contributed by atoms with Crippen molar-refractivity contribution in [2.45, 2.75) is 64.7 Å². The van der Waals surface area contributed by atoms with Gasteiger partial charge in [-0.25, -0.2) is 4.79 Å². The molecule has 21 heavy (non-hydrogen) atoms. The molecule has 5 nitrogen and oxygen atoms in total. The molecule has 2 aliphatic heterocycles. The molecule has 2 heterocycles. The first-order chi connectivity index (χ1) is 9.67. The lowest BCUT2D eigenvalue weighted by molar-refractivity contribution is -0.0713. The molecule has 0 aromatic carbocycles. The van der Waals surface area contributed by atoms with Crippen LogP contribution in [-0.2, 0) is 9.47 Å². The lowest BCUT2D eigenvalue weighted by atomic mass is 9.87. The molecule has 2 fully saturated rings. The normalized spacial score (nSPS) is 31.5. The Morgan fingerprint density at radius 1 is 1.33 bits per heavy atom. The molecule has 2 aliphatic rings. The van der Waals surface area contributed by atoms with Crippen LogP contribution in [0.15, 0.2) is 0 Å². The predicted molar refractivity (Wildman–Crippen MR) is 79.8 cm³/mol. The summed E-state index contributed by atoms with van der Waals surface area (Å²) < 4.78 is 10.8. The highest BCUT2D eigenvalue weighted by Gasteiger charge is 2.45. The molecule has 0 radical (unpaired) electrons. The van der Waals surface area contributed by atoms with E-state index in [1.54, 1.807) is 6.92 Å². The first-order valence-electron chi connectivity index (χ1n) is 7.98. The number of likely N-dealkylation sites (tertiary alicyclic amines) is 1. The van der Waals surface area contributed by atoms with Gasteiger partial charge in [-0.05, 0) is 65.2 Å². The molecular formula is C16H29NO4. The fourth-order valence-electron chi connectivity index (χ4n) is 3.38. The number of hydrogen-bond acceptors (Lipinski definition) is 4. The van der Waals surface area contributed by atoms with Crippen molar-refractivity contribution in [3.63, 3.8) is 0 Å². The number of nitrogens with zero attached hydrogens (tertiary/aromatic N) is 1. The van der Waals surface area contributed by atoms with E-state index in [4.69, 9.17) is 9.47 Å². The van der Waals surface area contributed by atoms with E-state index >= 15 is 0 Å². The average Bonchev–Trinajstić information content (AvgIpc) is 2.63. The summed E-state index contributed by atoms with van der Waals surface area (Å²) >= 11 is 0. The van der Waals surface area contributed by atoms with Crippen molar-refractivity contribution in [1.82, 2.24) is 4.90 Å². The molecule has 1 unspecified atom stereocenters. The molecule has 2 atom stereocenters. The summed E-state index contributed by atoms with van der Waals surface area (Å²) in [5.41, 5.74) is -1.63. The van der Waals surface area contributed by atoms with Crippen LogP contribution in [0.4, 0.5) is 4.79 Å². The highest BCUT2D eigenvalue weighted by atomic mass is 16.6. The zero-order valence-corrected chi connectivity index (χ0v) is 13.7. The van der Waals surface area contributed by atoms with E-state index in [1.807, 2.05) is 20.8 Å². The van der Waals surface area contributed by atoms with Crippen LogP contribution >= 0.6 is 0 Å². The Bertz CT molecular complexity index is 369. The summed E-state index contributed by atoms with van der Waals surface area (Å²) in [6.07, 6.45) is 3.44. The number of carbonyl (C=O) groups is 1. The molecule has 0 aliphatic carbocycles. The predicted octanol–water partition coefficient (Wildman–Crippen LogP) is 2.77. The molecule has 0 aromatic rings. The number of amides is 1. The van der Waals surface area contributed by atoms with Gasteiger partial charge in [0.1, 0.15) is 11.3 Å². The van der Waals surface area contributed by atoms with Crippen molar-refractivity contribution >= 4 is 6.09 Å². The zero-order valence-electron chi connectivity index (χ0n) is 13.7. The van der Waals surface area contributed by atoms with E-state index in [9.17, 15) is 9.90 Å². The maximum absolute atomic E-state index is 12.2. The monoisotopic (exact) mass is 299 g/mol. The zero-order chi connectivity index (χ0) is 15.7. The van der Waals surface area contributed by atoms with E-state index in [-0.39, 0.29) is 0 Å². The quantitative estimate of drug-likeness (QED) is 0.852. The minimum absolute atomic E-state index is 0.343. The SMILES string of the molecule is CC(C)(C)OC(=O)N1CC(CC2CCOCC2)C[C@]1(C)O. The largest absolute Gasteiger partial charge is 0.444 e. The molecule has 2 rings (SSSR count). The van der Waals surface area contributed by atoms with Crippen LogP contribution in [0.2, 0.25) is 0 Å². The summed E-state index contributed by atoms with van der Waals surface area (Å²) in [6, 6.07) is 0. The van der Waals surface area contributed by atoms with Gasteiger partial charge in [-0.2, -0.15) is 0 Å². The second-order valence-corrected chi connectivity index (χ2v) is 7.67. The Labute approximate surface area is 127 Å². The van der Waals surface area contributed by atoms with Crippen LogP contribution in [-0.4, -0.2) is 47.2 Å². The average molecular weight is 299 g/mol. The first-order valence-corrected chi connectivity index (χ1v) is 7.98. The van der Waals surface area contributed by atoms with Crippen molar-refractivity contribution in [2.75, 3.05) is 19.8 Å². The van der Waals surface area contributed by atoms with Crippen molar-refractivity contribution in [3.05, 3.63) is 0 Å². The van der Waals surface area contributed by atoms with Gasteiger partial charge >= 0.3 is 6.09 Å². The van der Waals surface area contributed by atoms with Crippen molar-refractivity contribution in [3.8, 4) is 0 Å². The molecule has 5 heteroatoms. The summed E-state index contributed by atoms with van der Waals surface area (Å²) in [5.74, 6) is 0.994. The third kappa shape index (κ3) is 4.58. The van der Waals surface area contributed by atoms with Gasteiger partial charge in [0.15, 0.2) is 0 Å².